The SMILES string of the molecule is COc1cc(C)nc(NCC(O)c2ccccc2)n1. The molecule has 19 heavy (non-hydrogen) atoms. The van der Waals surface area contributed by atoms with E-state index in [0.29, 0.717) is 18.4 Å². The molecular formula is C14H17N3O2. The van der Waals surface area contributed by atoms with Gasteiger partial charge >= 0.3 is 0 Å². The molecule has 0 radical (unpaired) electrons. The third-order valence-corrected chi connectivity index (χ3v) is 2.68. The van der Waals surface area contributed by atoms with E-state index in [1.54, 1.807) is 13.2 Å². The van der Waals surface area contributed by atoms with Gasteiger partial charge in [-0.15, -0.1) is 0 Å². The number of aryl methyl sites for hydroxylation is 1. The molecule has 0 saturated carbocycles. The Hall–Kier alpha value is -2.14. The van der Waals surface area contributed by atoms with Gasteiger partial charge in [0, 0.05) is 18.3 Å². The summed E-state index contributed by atoms with van der Waals surface area (Å²) in [7, 11) is 1.56. The zero-order valence-electron chi connectivity index (χ0n) is 11.0. The van der Waals surface area contributed by atoms with Crippen LogP contribution >= 0.6 is 0 Å². The molecule has 5 heteroatoms. The molecule has 2 N–H and O–H groups in total. The molecule has 5 nitrogen and oxygen atoms in total. The van der Waals surface area contributed by atoms with Gasteiger partial charge in [0.1, 0.15) is 0 Å². The molecule has 100 valence electrons. The maximum atomic E-state index is 10.0. The van der Waals surface area contributed by atoms with E-state index in [0.717, 1.165) is 11.3 Å². The van der Waals surface area contributed by atoms with Crippen molar-refractivity contribution in [3.63, 3.8) is 0 Å². The lowest BCUT2D eigenvalue weighted by molar-refractivity contribution is 0.191. The Morgan fingerprint density at radius 1 is 1.26 bits per heavy atom. The van der Waals surface area contributed by atoms with Crippen molar-refractivity contribution in [3.8, 4) is 5.88 Å². The Morgan fingerprint density at radius 3 is 2.68 bits per heavy atom. The van der Waals surface area contributed by atoms with Crippen LogP contribution in [0, 0.1) is 6.92 Å². The third kappa shape index (κ3) is 3.66. The Morgan fingerprint density at radius 2 is 2.00 bits per heavy atom. The Kier molecular flexibility index (Phi) is 4.30. The first kappa shape index (κ1) is 13.3. The molecule has 0 bridgehead atoms. The number of nitrogens with zero attached hydrogens (tertiary/aromatic N) is 2. The van der Waals surface area contributed by atoms with Crippen LogP contribution in [-0.2, 0) is 0 Å². The number of aliphatic hydroxyl groups is 1. The minimum atomic E-state index is -0.601. The fourth-order valence-electron chi connectivity index (χ4n) is 1.70. The summed E-state index contributed by atoms with van der Waals surface area (Å²) in [4.78, 5) is 8.40. The zero-order valence-corrected chi connectivity index (χ0v) is 11.0. The minimum Gasteiger partial charge on any atom is -0.481 e. The molecule has 2 rings (SSSR count). The summed E-state index contributed by atoms with van der Waals surface area (Å²) in [6.07, 6.45) is -0.601. The van der Waals surface area contributed by atoms with Crippen molar-refractivity contribution in [3.05, 3.63) is 47.7 Å². The van der Waals surface area contributed by atoms with Crippen LogP contribution in [-0.4, -0.2) is 28.7 Å². The average Bonchev–Trinajstić information content (AvgIpc) is 2.45. The second-order valence-corrected chi connectivity index (χ2v) is 4.18. The number of ether oxygens (including phenoxy) is 1. The highest BCUT2D eigenvalue weighted by atomic mass is 16.5. The molecule has 1 atom stereocenters. The van der Waals surface area contributed by atoms with Crippen molar-refractivity contribution in [1.29, 1.82) is 0 Å². The number of hydrogen-bond acceptors (Lipinski definition) is 5. The van der Waals surface area contributed by atoms with Crippen LogP contribution in [0.4, 0.5) is 5.95 Å². The molecule has 0 amide bonds. The van der Waals surface area contributed by atoms with Crippen LogP contribution < -0.4 is 10.1 Å². The lowest BCUT2D eigenvalue weighted by Crippen LogP contribution is -2.14. The van der Waals surface area contributed by atoms with Crippen LogP contribution in [0.1, 0.15) is 17.4 Å². The van der Waals surface area contributed by atoms with Crippen LogP contribution in [0.2, 0.25) is 0 Å². The highest BCUT2D eigenvalue weighted by molar-refractivity contribution is 5.31. The molecule has 1 aromatic carbocycles. The standard InChI is InChI=1S/C14H17N3O2/c1-10-8-13(19-2)17-14(16-10)15-9-12(18)11-6-4-3-5-7-11/h3-8,12,18H,9H2,1-2H3,(H,15,16,17). The molecule has 0 aliphatic heterocycles. The first-order chi connectivity index (χ1) is 9.19. The van der Waals surface area contributed by atoms with Gasteiger partial charge < -0.3 is 15.2 Å². The zero-order chi connectivity index (χ0) is 13.7. The molecule has 1 heterocycles. The van der Waals surface area contributed by atoms with E-state index in [4.69, 9.17) is 4.74 Å². The fourth-order valence-corrected chi connectivity index (χ4v) is 1.70. The maximum absolute atomic E-state index is 10.0. The number of hydrogen-bond donors (Lipinski definition) is 2. The van der Waals surface area contributed by atoms with E-state index in [2.05, 4.69) is 15.3 Å². The predicted molar refractivity (Wildman–Crippen MR) is 73.2 cm³/mol. The summed E-state index contributed by atoms with van der Waals surface area (Å²) < 4.78 is 5.07. The summed E-state index contributed by atoms with van der Waals surface area (Å²) in [6, 6.07) is 11.2. The molecule has 1 aromatic heterocycles. The van der Waals surface area contributed by atoms with Gasteiger partial charge in [-0.2, -0.15) is 4.98 Å². The quantitative estimate of drug-likeness (QED) is 0.859. The topological polar surface area (TPSA) is 67.3 Å². The molecule has 0 aliphatic rings. The third-order valence-electron chi connectivity index (χ3n) is 2.68. The lowest BCUT2D eigenvalue weighted by Gasteiger charge is -2.12. The highest BCUT2D eigenvalue weighted by Crippen LogP contribution is 2.14. The maximum Gasteiger partial charge on any atom is 0.226 e. The summed E-state index contributed by atoms with van der Waals surface area (Å²) in [6.45, 7) is 2.21. The van der Waals surface area contributed by atoms with Gasteiger partial charge in [-0.3, -0.25) is 0 Å². The van der Waals surface area contributed by atoms with Gasteiger partial charge in [-0.25, -0.2) is 4.98 Å². The van der Waals surface area contributed by atoms with Crippen molar-refractivity contribution >= 4 is 5.95 Å². The van der Waals surface area contributed by atoms with E-state index >= 15 is 0 Å². The number of rotatable bonds is 5. The Bertz CT molecular complexity index is 531. The summed E-state index contributed by atoms with van der Waals surface area (Å²) in [5.74, 6) is 0.955. The van der Waals surface area contributed by atoms with Crippen LogP contribution in [0.5, 0.6) is 5.88 Å². The Labute approximate surface area is 112 Å². The van der Waals surface area contributed by atoms with Crippen molar-refractivity contribution < 1.29 is 9.84 Å². The Balaban J connectivity index is 2.01. The number of anilines is 1. The smallest absolute Gasteiger partial charge is 0.226 e. The normalized spacial score (nSPS) is 11.9. The fraction of sp³-hybridized carbons (Fsp3) is 0.286. The molecule has 0 aliphatic carbocycles. The highest BCUT2D eigenvalue weighted by Gasteiger charge is 2.08. The monoisotopic (exact) mass is 259 g/mol. The van der Waals surface area contributed by atoms with Crippen molar-refractivity contribution in [2.24, 2.45) is 0 Å². The van der Waals surface area contributed by atoms with Gasteiger partial charge in [0.2, 0.25) is 11.8 Å². The van der Waals surface area contributed by atoms with Gasteiger partial charge in [-0.1, -0.05) is 30.3 Å². The first-order valence-corrected chi connectivity index (χ1v) is 6.05. The second kappa shape index (κ2) is 6.15. The number of methoxy groups -OCH3 is 1. The van der Waals surface area contributed by atoms with E-state index in [1.165, 1.54) is 0 Å². The van der Waals surface area contributed by atoms with Crippen LogP contribution in [0.3, 0.4) is 0 Å². The number of aromatic nitrogens is 2. The van der Waals surface area contributed by atoms with E-state index in [9.17, 15) is 5.11 Å². The second-order valence-electron chi connectivity index (χ2n) is 4.18. The van der Waals surface area contributed by atoms with Gasteiger partial charge in [0.25, 0.3) is 0 Å². The van der Waals surface area contributed by atoms with E-state index < -0.39 is 6.10 Å². The van der Waals surface area contributed by atoms with E-state index in [1.807, 2.05) is 37.3 Å². The summed E-state index contributed by atoms with van der Waals surface area (Å²) in [5, 5.41) is 13.0. The first-order valence-electron chi connectivity index (χ1n) is 6.05. The summed E-state index contributed by atoms with van der Waals surface area (Å²) in [5.41, 5.74) is 1.66. The van der Waals surface area contributed by atoms with Gasteiger partial charge in [-0.05, 0) is 12.5 Å². The summed E-state index contributed by atoms with van der Waals surface area (Å²) >= 11 is 0. The van der Waals surface area contributed by atoms with Gasteiger partial charge in [0.15, 0.2) is 0 Å². The lowest BCUT2D eigenvalue weighted by atomic mass is 10.1. The number of nitrogens with one attached hydrogen (secondary N) is 1. The van der Waals surface area contributed by atoms with Crippen LogP contribution in [0.25, 0.3) is 0 Å². The molecule has 0 saturated heterocycles. The van der Waals surface area contributed by atoms with E-state index in [-0.39, 0.29) is 0 Å². The van der Waals surface area contributed by atoms with Crippen molar-refractivity contribution in [2.45, 2.75) is 13.0 Å². The predicted octanol–water partition coefficient (Wildman–Crippen LogP) is 1.94. The number of benzene rings is 1. The molecule has 1 unspecified atom stereocenters. The molecule has 2 aromatic rings. The minimum absolute atomic E-state index is 0.344. The molecular weight excluding hydrogens is 242 g/mol. The molecule has 0 spiro atoms. The van der Waals surface area contributed by atoms with Crippen molar-refractivity contribution in [1.82, 2.24) is 9.97 Å². The average molecular weight is 259 g/mol. The van der Waals surface area contributed by atoms with Crippen LogP contribution in [0.15, 0.2) is 36.4 Å². The number of aliphatic hydroxyl groups excluding tert-OH is 1. The molecule has 0 fully saturated rings. The van der Waals surface area contributed by atoms with Gasteiger partial charge in [0.05, 0.1) is 13.2 Å². The van der Waals surface area contributed by atoms with Crippen molar-refractivity contribution in [2.75, 3.05) is 19.0 Å². The largest absolute Gasteiger partial charge is 0.481 e.